The molecule has 33 heavy (non-hydrogen) atoms. The molecule has 1 aromatic carbocycles. The molecule has 8 bridgehead atoms. The van der Waals surface area contributed by atoms with Crippen molar-refractivity contribution in [1.29, 1.82) is 0 Å². The molecule has 0 aliphatic carbocycles. The smallest absolute Gasteiger partial charge is 0.112 e. The minimum absolute atomic E-state index is 0.333. The van der Waals surface area contributed by atoms with Crippen LogP contribution in [0.1, 0.15) is 17.0 Å². The number of aromatic amines is 2. The lowest BCUT2D eigenvalue weighted by molar-refractivity contribution is 0.565. The van der Waals surface area contributed by atoms with Gasteiger partial charge in [-0.3, -0.25) is 4.99 Å². The third kappa shape index (κ3) is 3.74. The summed E-state index contributed by atoms with van der Waals surface area (Å²) in [7, 11) is 0. The average molecular weight is 492 g/mol. The topological polar surface area (TPSA) is 56.3 Å². The van der Waals surface area contributed by atoms with Gasteiger partial charge in [-0.2, -0.15) is 0 Å². The SMILES string of the molecule is Clc1ccc(C23C=CC(=N2)C=C2C=CC(=N2)C=c2ccc([nH]2)=Cc2ccc([nH]2)C3)c(Cl)c1Cl. The number of halogens is 3. The predicted molar refractivity (Wildman–Crippen MR) is 137 cm³/mol. The lowest BCUT2D eigenvalue weighted by Crippen LogP contribution is -2.24. The Hall–Kier alpha value is -3.05. The maximum atomic E-state index is 6.69. The number of H-pyrrole nitrogens is 2. The zero-order chi connectivity index (χ0) is 22.6. The van der Waals surface area contributed by atoms with E-state index < -0.39 is 5.54 Å². The Balaban J connectivity index is 1.56. The first kappa shape index (κ1) is 20.5. The van der Waals surface area contributed by atoms with Gasteiger partial charge >= 0.3 is 0 Å². The molecule has 3 aromatic rings. The van der Waals surface area contributed by atoms with Gasteiger partial charge in [-0.25, -0.2) is 4.99 Å². The molecule has 7 heteroatoms. The summed E-state index contributed by atoms with van der Waals surface area (Å²) in [5.41, 5.74) is 4.63. The molecule has 0 saturated heterocycles. The van der Waals surface area contributed by atoms with Crippen LogP contribution in [0.5, 0.6) is 0 Å². The molecule has 0 amide bonds. The number of hydrogen-bond donors (Lipinski definition) is 2. The highest BCUT2D eigenvalue weighted by atomic mass is 35.5. The minimum Gasteiger partial charge on any atom is -0.359 e. The molecule has 0 saturated carbocycles. The van der Waals surface area contributed by atoms with E-state index in [9.17, 15) is 0 Å². The number of hydrogen-bond acceptors (Lipinski definition) is 2. The van der Waals surface area contributed by atoms with Crippen molar-refractivity contribution < 1.29 is 0 Å². The molecule has 5 heterocycles. The van der Waals surface area contributed by atoms with E-state index in [1.165, 1.54) is 0 Å². The number of fused-ring (bicyclic) bond motifs is 6. The van der Waals surface area contributed by atoms with Crippen LogP contribution in [0.2, 0.25) is 15.1 Å². The summed E-state index contributed by atoms with van der Waals surface area (Å²) >= 11 is 19.3. The van der Waals surface area contributed by atoms with Gasteiger partial charge in [0.15, 0.2) is 0 Å². The highest BCUT2D eigenvalue weighted by molar-refractivity contribution is 6.48. The van der Waals surface area contributed by atoms with Crippen molar-refractivity contribution in [1.82, 2.24) is 9.97 Å². The minimum atomic E-state index is -0.725. The van der Waals surface area contributed by atoms with Gasteiger partial charge in [-0.1, -0.05) is 46.9 Å². The van der Waals surface area contributed by atoms with Crippen molar-refractivity contribution >= 4 is 58.4 Å². The van der Waals surface area contributed by atoms with Crippen molar-refractivity contribution in [3.05, 3.63) is 115 Å². The quantitative estimate of drug-likeness (QED) is 0.436. The Morgan fingerprint density at radius 3 is 2.48 bits per heavy atom. The number of nitrogens with zero attached hydrogens (tertiary/aromatic N) is 2. The average Bonchev–Trinajstić information content (AvgIpc) is 3.58. The number of aromatic nitrogens is 2. The van der Waals surface area contributed by atoms with E-state index in [0.29, 0.717) is 21.5 Å². The monoisotopic (exact) mass is 490 g/mol. The highest BCUT2D eigenvalue weighted by Gasteiger charge is 2.36. The summed E-state index contributed by atoms with van der Waals surface area (Å²) in [5.74, 6) is 0. The van der Waals surface area contributed by atoms with Crippen LogP contribution >= 0.6 is 34.8 Å². The number of allylic oxidation sites excluding steroid dienone is 4. The first-order valence-corrected chi connectivity index (χ1v) is 11.6. The van der Waals surface area contributed by atoms with Gasteiger partial charge in [0, 0.05) is 34.1 Å². The van der Waals surface area contributed by atoms with Crippen LogP contribution in [0, 0.1) is 0 Å². The largest absolute Gasteiger partial charge is 0.359 e. The molecule has 0 radical (unpaired) electrons. The van der Waals surface area contributed by atoms with Gasteiger partial charge in [0.1, 0.15) is 5.54 Å². The lowest BCUT2D eigenvalue weighted by atomic mass is 9.86. The highest BCUT2D eigenvalue weighted by Crippen LogP contribution is 2.43. The van der Waals surface area contributed by atoms with Gasteiger partial charge in [-0.05, 0) is 66.8 Å². The molecular formula is C26H17Cl3N4. The molecule has 2 N–H and O–H groups in total. The van der Waals surface area contributed by atoms with Crippen molar-refractivity contribution in [2.75, 3.05) is 0 Å². The Morgan fingerprint density at radius 1 is 0.758 bits per heavy atom. The third-order valence-corrected chi connectivity index (χ3v) is 7.21. The van der Waals surface area contributed by atoms with Crippen LogP contribution < -0.4 is 10.7 Å². The van der Waals surface area contributed by atoms with Gasteiger partial charge in [-0.15, -0.1) is 0 Å². The second-order valence-corrected chi connectivity index (χ2v) is 9.39. The fourth-order valence-corrected chi connectivity index (χ4v) is 5.08. The molecule has 0 spiro atoms. The maximum absolute atomic E-state index is 6.69. The second kappa shape index (κ2) is 7.77. The van der Waals surface area contributed by atoms with E-state index in [0.717, 1.165) is 44.8 Å². The molecule has 3 aliphatic rings. The fraction of sp³-hybridized carbons (Fsp3) is 0.0769. The normalized spacial score (nSPS) is 20.8. The van der Waals surface area contributed by atoms with Gasteiger partial charge in [0.05, 0.1) is 32.2 Å². The lowest BCUT2D eigenvalue weighted by Gasteiger charge is -2.26. The van der Waals surface area contributed by atoms with Crippen LogP contribution in [0.4, 0.5) is 0 Å². The summed E-state index contributed by atoms with van der Waals surface area (Å²) in [6, 6.07) is 11.9. The van der Waals surface area contributed by atoms with E-state index >= 15 is 0 Å². The van der Waals surface area contributed by atoms with E-state index in [1.54, 1.807) is 6.07 Å². The standard InChI is InChI=1S/C26H17Cl3N4/c27-23-8-7-22(24(28)25(23)29)26-10-9-20(33-26)13-19-4-3-16(31-19)11-15-1-2-17(30-15)12-18-5-6-21(14-26)32-18/h1-13,30,32H,14H2. The van der Waals surface area contributed by atoms with Crippen LogP contribution in [-0.2, 0) is 12.0 Å². The summed E-state index contributed by atoms with van der Waals surface area (Å²) in [4.78, 5) is 16.7. The molecule has 0 fully saturated rings. The third-order valence-electron chi connectivity index (χ3n) is 5.91. The molecule has 162 valence electrons. The molecule has 6 rings (SSSR count). The number of nitrogens with one attached hydrogen (secondary N) is 2. The molecule has 1 atom stereocenters. The second-order valence-electron chi connectivity index (χ2n) is 8.23. The Morgan fingerprint density at radius 2 is 1.61 bits per heavy atom. The fourth-order valence-electron chi connectivity index (χ4n) is 4.38. The van der Waals surface area contributed by atoms with Crippen LogP contribution in [0.3, 0.4) is 0 Å². The summed E-state index contributed by atoms with van der Waals surface area (Å²) in [6.07, 6.45) is 14.7. The first-order chi connectivity index (χ1) is 16.0. The molecule has 1 unspecified atom stereocenters. The summed E-state index contributed by atoms with van der Waals surface area (Å²) in [6.45, 7) is 0. The number of benzene rings is 1. The van der Waals surface area contributed by atoms with Crippen molar-refractivity contribution in [3.63, 3.8) is 0 Å². The zero-order valence-corrected chi connectivity index (χ0v) is 19.5. The number of aliphatic imine (C=N–C) groups is 2. The summed E-state index contributed by atoms with van der Waals surface area (Å²) in [5, 5.41) is 3.16. The Bertz CT molecular complexity index is 1580. The van der Waals surface area contributed by atoms with Crippen LogP contribution in [0.25, 0.3) is 12.2 Å². The van der Waals surface area contributed by atoms with E-state index in [2.05, 4.69) is 34.3 Å². The van der Waals surface area contributed by atoms with Gasteiger partial charge in [0.2, 0.25) is 0 Å². The Kier molecular flexibility index (Phi) is 4.84. The van der Waals surface area contributed by atoms with Crippen molar-refractivity contribution in [3.8, 4) is 0 Å². The van der Waals surface area contributed by atoms with Crippen molar-refractivity contribution in [2.45, 2.75) is 12.0 Å². The summed E-state index contributed by atoms with van der Waals surface area (Å²) < 4.78 is 0. The van der Waals surface area contributed by atoms with Crippen LogP contribution in [-0.4, -0.2) is 21.4 Å². The molecule has 2 aromatic heterocycles. The molecule has 4 nitrogen and oxygen atoms in total. The molecular weight excluding hydrogens is 475 g/mol. The van der Waals surface area contributed by atoms with E-state index in [-0.39, 0.29) is 0 Å². The van der Waals surface area contributed by atoms with Gasteiger partial charge < -0.3 is 9.97 Å². The maximum Gasteiger partial charge on any atom is 0.112 e. The van der Waals surface area contributed by atoms with E-state index in [1.807, 2.05) is 48.6 Å². The Labute approximate surface area is 205 Å². The van der Waals surface area contributed by atoms with Gasteiger partial charge in [0.25, 0.3) is 0 Å². The van der Waals surface area contributed by atoms with E-state index in [4.69, 9.17) is 44.8 Å². The first-order valence-electron chi connectivity index (χ1n) is 10.5. The number of rotatable bonds is 1. The zero-order valence-electron chi connectivity index (χ0n) is 17.2. The predicted octanol–water partition coefficient (Wildman–Crippen LogP) is 5.27. The van der Waals surface area contributed by atoms with Crippen molar-refractivity contribution in [2.24, 2.45) is 9.98 Å². The molecule has 3 aliphatic heterocycles. The van der Waals surface area contributed by atoms with Crippen LogP contribution in [0.15, 0.2) is 82.5 Å².